The van der Waals surface area contributed by atoms with E-state index in [0.29, 0.717) is 0 Å². The van der Waals surface area contributed by atoms with Crippen molar-refractivity contribution in [1.82, 2.24) is 0 Å². The minimum Gasteiger partial charge on any atom is -0.496 e. The number of rotatable bonds is 9. The van der Waals surface area contributed by atoms with E-state index in [-0.39, 0.29) is 33.9 Å². The molecular weight excluding hydrogens is 324 g/mol. The lowest BCUT2D eigenvalue weighted by atomic mass is 9.94. The zero-order chi connectivity index (χ0) is 18.4. The molecule has 1 aromatic carbocycles. The zero-order valence-corrected chi connectivity index (χ0v) is 13.4. The quantitative estimate of drug-likeness (QED) is 0.588. The van der Waals surface area contributed by atoms with Gasteiger partial charge < -0.3 is 29.5 Å². The second-order valence-electron chi connectivity index (χ2n) is 4.75. The van der Waals surface area contributed by atoms with E-state index in [1.165, 1.54) is 21.3 Å². The molecule has 0 spiro atoms. The summed E-state index contributed by atoms with van der Waals surface area (Å²) in [4.78, 5) is 33.5. The first-order chi connectivity index (χ1) is 11.3. The highest BCUT2D eigenvalue weighted by molar-refractivity contribution is 5.82. The fourth-order valence-corrected chi connectivity index (χ4v) is 2.53. The number of hydrogen-bond donors (Lipinski definition) is 3. The fourth-order valence-electron chi connectivity index (χ4n) is 2.53. The van der Waals surface area contributed by atoms with Crippen molar-refractivity contribution < 1.29 is 43.9 Å². The molecule has 0 amide bonds. The van der Waals surface area contributed by atoms with Gasteiger partial charge >= 0.3 is 17.9 Å². The molecule has 3 N–H and O–H groups in total. The molecule has 0 unspecified atom stereocenters. The van der Waals surface area contributed by atoms with Gasteiger partial charge in [-0.05, 0) is 0 Å². The molecule has 0 aliphatic carbocycles. The van der Waals surface area contributed by atoms with Crippen LogP contribution in [0.3, 0.4) is 0 Å². The first-order valence-corrected chi connectivity index (χ1v) is 6.74. The number of benzene rings is 1. The lowest BCUT2D eigenvalue weighted by Crippen LogP contribution is -2.15. The van der Waals surface area contributed by atoms with Crippen LogP contribution in [0.15, 0.2) is 0 Å². The van der Waals surface area contributed by atoms with Crippen LogP contribution in [0.5, 0.6) is 17.2 Å². The van der Waals surface area contributed by atoms with E-state index in [9.17, 15) is 14.4 Å². The highest BCUT2D eigenvalue weighted by Gasteiger charge is 2.29. The molecule has 0 saturated carbocycles. The van der Waals surface area contributed by atoms with Crippen LogP contribution in [0.1, 0.15) is 16.7 Å². The van der Waals surface area contributed by atoms with Crippen LogP contribution in [0.25, 0.3) is 0 Å². The minimum atomic E-state index is -1.21. The third-order valence-electron chi connectivity index (χ3n) is 3.24. The monoisotopic (exact) mass is 342 g/mol. The van der Waals surface area contributed by atoms with Gasteiger partial charge in [-0.1, -0.05) is 0 Å². The van der Waals surface area contributed by atoms with Gasteiger partial charge in [0.2, 0.25) is 0 Å². The lowest BCUT2D eigenvalue weighted by Gasteiger charge is -2.22. The number of hydrogen-bond acceptors (Lipinski definition) is 6. The summed E-state index contributed by atoms with van der Waals surface area (Å²) >= 11 is 0. The number of ether oxygens (including phenoxy) is 3. The van der Waals surface area contributed by atoms with E-state index >= 15 is 0 Å². The summed E-state index contributed by atoms with van der Waals surface area (Å²) in [5.41, 5.74) is 0.169. The SMILES string of the molecule is COc1c(CC(=O)O)c(OC)c(CC(=O)O)c(OC)c1CC(=O)O. The van der Waals surface area contributed by atoms with Crippen LogP contribution in [-0.4, -0.2) is 54.6 Å². The normalized spacial score (nSPS) is 10.1. The molecule has 0 atom stereocenters. The predicted octanol–water partition coefficient (Wildman–Crippen LogP) is 0.594. The Balaban J connectivity index is 3.87. The van der Waals surface area contributed by atoms with Crippen molar-refractivity contribution in [2.24, 2.45) is 0 Å². The van der Waals surface area contributed by atoms with Gasteiger partial charge in [0.15, 0.2) is 0 Å². The van der Waals surface area contributed by atoms with Gasteiger partial charge in [-0.2, -0.15) is 0 Å². The van der Waals surface area contributed by atoms with Crippen LogP contribution < -0.4 is 14.2 Å². The molecule has 24 heavy (non-hydrogen) atoms. The second-order valence-corrected chi connectivity index (χ2v) is 4.75. The zero-order valence-electron chi connectivity index (χ0n) is 13.4. The molecule has 0 aliphatic rings. The summed E-state index contributed by atoms with van der Waals surface area (Å²) in [6.45, 7) is 0. The van der Waals surface area contributed by atoms with Crippen LogP contribution in [0, 0.1) is 0 Å². The predicted molar refractivity (Wildman–Crippen MR) is 80.1 cm³/mol. The molecular formula is C15H18O9. The lowest BCUT2D eigenvalue weighted by molar-refractivity contribution is -0.137. The molecule has 0 saturated heterocycles. The molecule has 0 heterocycles. The minimum absolute atomic E-state index is 0.0114. The van der Waals surface area contributed by atoms with Crippen LogP contribution in [0.4, 0.5) is 0 Å². The van der Waals surface area contributed by atoms with Crippen molar-refractivity contribution in [2.75, 3.05) is 21.3 Å². The van der Waals surface area contributed by atoms with Crippen molar-refractivity contribution in [3.8, 4) is 17.2 Å². The van der Waals surface area contributed by atoms with Crippen molar-refractivity contribution in [3.05, 3.63) is 16.7 Å². The molecule has 0 fully saturated rings. The average molecular weight is 342 g/mol. The number of methoxy groups -OCH3 is 3. The van der Waals surface area contributed by atoms with Crippen molar-refractivity contribution in [3.63, 3.8) is 0 Å². The van der Waals surface area contributed by atoms with E-state index in [2.05, 4.69) is 0 Å². The van der Waals surface area contributed by atoms with E-state index < -0.39 is 37.2 Å². The van der Waals surface area contributed by atoms with Crippen molar-refractivity contribution >= 4 is 17.9 Å². The first kappa shape index (κ1) is 19.1. The first-order valence-electron chi connectivity index (χ1n) is 6.74. The van der Waals surface area contributed by atoms with E-state index in [0.717, 1.165) is 0 Å². The average Bonchev–Trinajstić information content (AvgIpc) is 2.46. The van der Waals surface area contributed by atoms with Crippen LogP contribution in [0.2, 0.25) is 0 Å². The number of carbonyl (C=O) groups is 3. The molecule has 1 aromatic rings. The summed E-state index contributed by atoms with van der Waals surface area (Å²) in [6.07, 6.45) is -1.60. The summed E-state index contributed by atoms with van der Waals surface area (Å²) in [5, 5.41) is 27.3. The highest BCUT2D eigenvalue weighted by atomic mass is 16.5. The third kappa shape index (κ3) is 4.06. The number of carboxylic acid groups (broad SMARTS) is 3. The molecule has 9 nitrogen and oxygen atoms in total. The maximum absolute atomic E-state index is 11.2. The Labute approximate surface area is 137 Å². The highest BCUT2D eigenvalue weighted by Crippen LogP contribution is 2.44. The Morgan fingerprint density at radius 3 is 0.958 bits per heavy atom. The molecule has 1 rings (SSSR count). The number of carboxylic acids is 3. The second kappa shape index (κ2) is 8.04. The van der Waals surface area contributed by atoms with E-state index in [4.69, 9.17) is 29.5 Å². The van der Waals surface area contributed by atoms with Crippen LogP contribution >= 0.6 is 0 Å². The molecule has 132 valence electrons. The smallest absolute Gasteiger partial charge is 0.308 e. The van der Waals surface area contributed by atoms with Gasteiger partial charge in [-0.3, -0.25) is 14.4 Å². The Morgan fingerprint density at radius 2 is 0.833 bits per heavy atom. The molecule has 0 radical (unpaired) electrons. The largest absolute Gasteiger partial charge is 0.496 e. The van der Waals surface area contributed by atoms with Crippen molar-refractivity contribution in [2.45, 2.75) is 19.3 Å². The van der Waals surface area contributed by atoms with E-state index in [1.807, 2.05) is 0 Å². The van der Waals surface area contributed by atoms with Gasteiger partial charge in [0, 0.05) is 16.7 Å². The maximum atomic E-state index is 11.2. The van der Waals surface area contributed by atoms with Gasteiger partial charge in [0.05, 0.1) is 40.6 Å². The Bertz CT molecular complexity index is 552. The Hall–Kier alpha value is -2.97. The summed E-state index contributed by atoms with van der Waals surface area (Å²) in [6, 6.07) is 0. The third-order valence-corrected chi connectivity index (χ3v) is 3.24. The molecule has 0 aromatic heterocycles. The summed E-state index contributed by atoms with van der Waals surface area (Å²) in [5.74, 6) is -3.66. The van der Waals surface area contributed by atoms with Gasteiger partial charge in [-0.15, -0.1) is 0 Å². The fraction of sp³-hybridized carbons (Fsp3) is 0.400. The van der Waals surface area contributed by atoms with Gasteiger partial charge in [0.25, 0.3) is 0 Å². The number of aliphatic carboxylic acids is 3. The summed E-state index contributed by atoms with van der Waals surface area (Å²) < 4.78 is 15.6. The van der Waals surface area contributed by atoms with Gasteiger partial charge in [-0.25, -0.2) is 0 Å². The van der Waals surface area contributed by atoms with E-state index in [1.54, 1.807) is 0 Å². The van der Waals surface area contributed by atoms with Crippen LogP contribution in [-0.2, 0) is 33.6 Å². The summed E-state index contributed by atoms with van der Waals surface area (Å²) in [7, 11) is 3.76. The Morgan fingerprint density at radius 1 is 0.625 bits per heavy atom. The molecule has 0 bridgehead atoms. The molecule has 0 aliphatic heterocycles. The maximum Gasteiger partial charge on any atom is 0.308 e. The Kier molecular flexibility index (Phi) is 6.39. The molecule has 9 heteroatoms. The topological polar surface area (TPSA) is 140 Å². The van der Waals surface area contributed by atoms with Gasteiger partial charge in [0.1, 0.15) is 17.2 Å². The standard InChI is InChI=1S/C15H18O9/c1-22-13-7(4-10(16)17)14(23-2)9(6-12(20)21)15(24-3)8(13)5-11(18)19/h4-6H2,1-3H3,(H,16,17)(H,18,19)(H,20,21). The van der Waals surface area contributed by atoms with Crippen molar-refractivity contribution in [1.29, 1.82) is 0 Å².